The van der Waals surface area contributed by atoms with Gasteiger partial charge in [-0.25, -0.2) is 0 Å². The van der Waals surface area contributed by atoms with Crippen molar-refractivity contribution in [2.24, 2.45) is 16.1 Å². The summed E-state index contributed by atoms with van der Waals surface area (Å²) in [5, 5.41) is 0. The van der Waals surface area contributed by atoms with E-state index < -0.39 is 0 Å². The highest BCUT2D eigenvalue weighted by Crippen LogP contribution is 2.28. The van der Waals surface area contributed by atoms with Crippen LogP contribution in [0.3, 0.4) is 0 Å². The first-order valence-corrected chi connectivity index (χ1v) is 6.09. The lowest BCUT2D eigenvalue weighted by atomic mass is 9.86. The summed E-state index contributed by atoms with van der Waals surface area (Å²) in [6, 6.07) is 10.8. The summed E-state index contributed by atoms with van der Waals surface area (Å²) in [5.41, 5.74) is 7.46. The second kappa shape index (κ2) is 4.40. The molecule has 0 spiro atoms. The molecule has 0 fully saturated rings. The zero-order valence-electron chi connectivity index (χ0n) is 10.9. The third-order valence-electron chi connectivity index (χ3n) is 3.29. The molecule has 1 aromatic rings. The normalized spacial score (nSPS) is 20.5. The molecule has 1 heterocycles. The Hall–Kier alpha value is -1.51. The van der Waals surface area contributed by atoms with Gasteiger partial charge in [0.25, 0.3) is 0 Å². The minimum absolute atomic E-state index is 0.194. The van der Waals surface area contributed by atoms with Crippen molar-refractivity contribution in [1.29, 1.82) is 0 Å². The van der Waals surface area contributed by atoms with Crippen molar-refractivity contribution in [2.75, 3.05) is 6.54 Å². The molecule has 3 nitrogen and oxygen atoms in total. The van der Waals surface area contributed by atoms with Crippen LogP contribution in [0.2, 0.25) is 0 Å². The summed E-state index contributed by atoms with van der Waals surface area (Å²) in [6.45, 7) is 8.37. The minimum Gasteiger partial charge on any atom is -0.370 e. The SMILES string of the molecule is CC(C)(C)C1CN=C(N)N1Cc1ccccc1. The van der Waals surface area contributed by atoms with Crippen LogP contribution >= 0.6 is 0 Å². The lowest BCUT2D eigenvalue weighted by Crippen LogP contribution is -2.46. The Morgan fingerprint density at radius 2 is 1.94 bits per heavy atom. The summed E-state index contributed by atoms with van der Waals surface area (Å²) in [5.74, 6) is 0.675. The lowest BCUT2D eigenvalue weighted by molar-refractivity contribution is 0.183. The summed E-state index contributed by atoms with van der Waals surface area (Å²) >= 11 is 0. The lowest BCUT2D eigenvalue weighted by Gasteiger charge is -2.35. The van der Waals surface area contributed by atoms with Crippen LogP contribution in [0.5, 0.6) is 0 Å². The maximum atomic E-state index is 5.99. The van der Waals surface area contributed by atoms with E-state index in [0.717, 1.165) is 13.1 Å². The number of rotatable bonds is 2. The Morgan fingerprint density at radius 3 is 2.53 bits per heavy atom. The van der Waals surface area contributed by atoms with Crippen LogP contribution in [-0.4, -0.2) is 23.4 Å². The molecular weight excluding hydrogens is 210 g/mol. The van der Waals surface area contributed by atoms with Crippen LogP contribution in [0.25, 0.3) is 0 Å². The third kappa shape index (κ3) is 2.60. The third-order valence-corrected chi connectivity index (χ3v) is 3.29. The van der Waals surface area contributed by atoms with Crippen molar-refractivity contribution in [2.45, 2.75) is 33.4 Å². The van der Waals surface area contributed by atoms with E-state index in [-0.39, 0.29) is 5.41 Å². The standard InChI is InChI=1S/C14H21N3/c1-14(2,3)12-9-16-13(15)17(12)10-11-7-5-4-6-8-11/h4-8,12H,9-10H2,1-3H3,(H2,15,16). The fraction of sp³-hybridized carbons (Fsp3) is 0.500. The Balaban J connectivity index is 2.15. The van der Waals surface area contributed by atoms with Gasteiger partial charge in [0.1, 0.15) is 0 Å². The highest BCUT2D eigenvalue weighted by Gasteiger charge is 2.35. The Bertz CT molecular complexity index is 403. The topological polar surface area (TPSA) is 41.6 Å². The van der Waals surface area contributed by atoms with Crippen molar-refractivity contribution < 1.29 is 0 Å². The molecule has 3 heteroatoms. The number of guanidine groups is 1. The smallest absolute Gasteiger partial charge is 0.191 e. The molecule has 1 aliphatic rings. The molecule has 1 aromatic carbocycles. The fourth-order valence-electron chi connectivity index (χ4n) is 2.24. The Morgan fingerprint density at radius 1 is 1.29 bits per heavy atom. The first-order valence-electron chi connectivity index (χ1n) is 6.09. The predicted octanol–water partition coefficient (Wildman–Crippen LogP) is 2.23. The molecule has 0 saturated carbocycles. The van der Waals surface area contributed by atoms with Gasteiger partial charge < -0.3 is 10.6 Å². The predicted molar refractivity (Wildman–Crippen MR) is 71.7 cm³/mol. The zero-order valence-corrected chi connectivity index (χ0v) is 10.9. The summed E-state index contributed by atoms with van der Waals surface area (Å²) < 4.78 is 0. The number of hydrogen-bond acceptors (Lipinski definition) is 3. The average molecular weight is 231 g/mol. The molecule has 0 aromatic heterocycles. The van der Waals surface area contributed by atoms with Crippen molar-refractivity contribution in [1.82, 2.24) is 4.90 Å². The minimum atomic E-state index is 0.194. The highest BCUT2D eigenvalue weighted by molar-refractivity contribution is 5.80. The van der Waals surface area contributed by atoms with Gasteiger partial charge in [0.2, 0.25) is 0 Å². The second-order valence-corrected chi connectivity index (χ2v) is 5.69. The summed E-state index contributed by atoms with van der Waals surface area (Å²) in [7, 11) is 0. The summed E-state index contributed by atoms with van der Waals surface area (Å²) in [4.78, 5) is 6.60. The van der Waals surface area contributed by atoms with Crippen molar-refractivity contribution in [3.8, 4) is 0 Å². The van der Waals surface area contributed by atoms with Crippen LogP contribution in [-0.2, 0) is 6.54 Å². The highest BCUT2D eigenvalue weighted by atomic mass is 15.3. The van der Waals surface area contributed by atoms with Gasteiger partial charge in [-0.05, 0) is 11.0 Å². The number of nitrogens with two attached hydrogens (primary N) is 1. The van der Waals surface area contributed by atoms with Crippen LogP contribution < -0.4 is 5.73 Å². The molecule has 17 heavy (non-hydrogen) atoms. The molecule has 1 unspecified atom stereocenters. The quantitative estimate of drug-likeness (QED) is 0.848. The Labute approximate surface area is 103 Å². The average Bonchev–Trinajstić information content (AvgIpc) is 2.62. The van der Waals surface area contributed by atoms with Crippen molar-refractivity contribution >= 4 is 5.96 Å². The van der Waals surface area contributed by atoms with Gasteiger partial charge >= 0.3 is 0 Å². The van der Waals surface area contributed by atoms with Gasteiger partial charge in [-0.15, -0.1) is 0 Å². The van der Waals surface area contributed by atoms with Crippen LogP contribution in [0, 0.1) is 5.41 Å². The molecule has 0 bridgehead atoms. The molecule has 2 N–H and O–H groups in total. The summed E-state index contributed by atoms with van der Waals surface area (Å²) in [6.07, 6.45) is 0. The molecule has 1 aliphatic heterocycles. The molecule has 2 rings (SSSR count). The van der Waals surface area contributed by atoms with E-state index in [4.69, 9.17) is 5.73 Å². The van der Waals surface area contributed by atoms with E-state index >= 15 is 0 Å². The maximum absolute atomic E-state index is 5.99. The van der Waals surface area contributed by atoms with Gasteiger partial charge in [0.15, 0.2) is 5.96 Å². The molecular formula is C14H21N3. The first kappa shape index (κ1) is 12.0. The van der Waals surface area contributed by atoms with Gasteiger partial charge in [-0.2, -0.15) is 0 Å². The number of hydrogen-bond donors (Lipinski definition) is 1. The van der Waals surface area contributed by atoms with E-state index in [1.54, 1.807) is 0 Å². The van der Waals surface area contributed by atoms with Gasteiger partial charge in [0.05, 0.1) is 12.6 Å². The molecule has 92 valence electrons. The van der Waals surface area contributed by atoms with E-state index in [2.05, 4.69) is 54.9 Å². The molecule has 0 saturated heterocycles. The van der Waals surface area contributed by atoms with E-state index in [0.29, 0.717) is 12.0 Å². The molecule has 0 amide bonds. The van der Waals surface area contributed by atoms with Crippen molar-refractivity contribution in [3.05, 3.63) is 35.9 Å². The van der Waals surface area contributed by atoms with Crippen LogP contribution in [0.15, 0.2) is 35.3 Å². The Kier molecular flexibility index (Phi) is 3.09. The molecule has 1 atom stereocenters. The monoisotopic (exact) mass is 231 g/mol. The van der Waals surface area contributed by atoms with E-state index in [9.17, 15) is 0 Å². The van der Waals surface area contributed by atoms with Crippen LogP contribution in [0.1, 0.15) is 26.3 Å². The van der Waals surface area contributed by atoms with Gasteiger partial charge in [-0.1, -0.05) is 51.1 Å². The number of aliphatic imine (C=N–C) groups is 1. The number of nitrogens with zero attached hydrogens (tertiary/aromatic N) is 2. The number of benzene rings is 1. The zero-order chi connectivity index (χ0) is 12.5. The van der Waals surface area contributed by atoms with Crippen molar-refractivity contribution in [3.63, 3.8) is 0 Å². The second-order valence-electron chi connectivity index (χ2n) is 5.69. The molecule has 0 aliphatic carbocycles. The van der Waals surface area contributed by atoms with Crippen LogP contribution in [0.4, 0.5) is 0 Å². The maximum Gasteiger partial charge on any atom is 0.191 e. The van der Waals surface area contributed by atoms with Gasteiger partial charge in [-0.3, -0.25) is 4.99 Å². The fourth-order valence-corrected chi connectivity index (χ4v) is 2.24. The van der Waals surface area contributed by atoms with E-state index in [1.165, 1.54) is 5.56 Å². The largest absolute Gasteiger partial charge is 0.370 e. The molecule has 0 radical (unpaired) electrons. The van der Waals surface area contributed by atoms with E-state index in [1.807, 2.05) is 6.07 Å². The first-order chi connectivity index (χ1) is 7.98. The van der Waals surface area contributed by atoms with Gasteiger partial charge in [0, 0.05) is 6.54 Å².